The second-order valence-electron chi connectivity index (χ2n) is 5.10. The molecule has 3 rings (SSSR count). The number of hydrogen-bond acceptors (Lipinski definition) is 5. The maximum absolute atomic E-state index is 10.6. The Morgan fingerprint density at radius 2 is 2.11 bits per heavy atom. The molecule has 0 aromatic carbocycles. The summed E-state index contributed by atoms with van der Waals surface area (Å²) in [6.07, 6.45) is 3.65. The number of nitrogens with zero attached hydrogens (tertiary/aromatic N) is 3. The van der Waals surface area contributed by atoms with Gasteiger partial charge in [-0.2, -0.15) is 0 Å². The van der Waals surface area contributed by atoms with Crippen molar-refractivity contribution in [2.45, 2.75) is 12.5 Å². The van der Waals surface area contributed by atoms with E-state index in [0.717, 1.165) is 51.5 Å². The molecule has 3 heterocycles. The third kappa shape index (κ3) is 2.77. The number of hydrogen-bond donors (Lipinski definition) is 0. The molecule has 0 saturated carbocycles. The van der Waals surface area contributed by atoms with Crippen molar-refractivity contribution in [3.05, 3.63) is 23.9 Å². The summed E-state index contributed by atoms with van der Waals surface area (Å²) in [5.41, 5.74) is 0.632. The van der Waals surface area contributed by atoms with Crippen LogP contribution in [0.1, 0.15) is 16.8 Å². The van der Waals surface area contributed by atoms with Gasteiger partial charge in [0.15, 0.2) is 6.29 Å². The Morgan fingerprint density at radius 1 is 1.26 bits per heavy atom. The molecule has 0 N–H and O–H groups in total. The maximum atomic E-state index is 10.6. The van der Waals surface area contributed by atoms with Crippen LogP contribution in [0, 0.1) is 0 Å². The second-order valence-corrected chi connectivity index (χ2v) is 5.10. The third-order valence-electron chi connectivity index (χ3n) is 3.96. The Kier molecular flexibility index (Phi) is 3.75. The van der Waals surface area contributed by atoms with Crippen molar-refractivity contribution in [1.29, 1.82) is 0 Å². The summed E-state index contributed by atoms with van der Waals surface area (Å²) in [5.74, 6) is 0.973. The summed E-state index contributed by atoms with van der Waals surface area (Å²) >= 11 is 0. The molecule has 0 aliphatic carbocycles. The highest BCUT2D eigenvalue weighted by molar-refractivity contribution is 5.74. The monoisotopic (exact) mass is 261 g/mol. The molecule has 2 fully saturated rings. The molecule has 0 spiro atoms. The van der Waals surface area contributed by atoms with Crippen LogP contribution >= 0.6 is 0 Å². The predicted molar refractivity (Wildman–Crippen MR) is 72.6 cm³/mol. The SMILES string of the molecule is O=Cc1ccc(N2CCC(N3CCOCC3)C2)nc1. The normalized spacial score (nSPS) is 24.6. The standard InChI is InChI=1S/C14H19N3O2/c18-11-12-1-2-14(15-9-12)17-4-3-13(10-17)16-5-7-19-8-6-16/h1-2,9,11,13H,3-8,10H2. The van der Waals surface area contributed by atoms with Gasteiger partial charge in [0.1, 0.15) is 5.82 Å². The third-order valence-corrected chi connectivity index (χ3v) is 3.96. The summed E-state index contributed by atoms with van der Waals surface area (Å²) < 4.78 is 5.40. The van der Waals surface area contributed by atoms with Gasteiger partial charge in [-0.05, 0) is 18.6 Å². The van der Waals surface area contributed by atoms with E-state index in [1.54, 1.807) is 6.20 Å². The van der Waals surface area contributed by atoms with Gasteiger partial charge >= 0.3 is 0 Å². The predicted octanol–water partition coefficient (Wildman–Crippen LogP) is 0.805. The Labute approximate surface area is 113 Å². The molecular formula is C14H19N3O2. The number of morpholine rings is 1. The Morgan fingerprint density at radius 3 is 2.79 bits per heavy atom. The second kappa shape index (κ2) is 5.67. The minimum Gasteiger partial charge on any atom is -0.379 e. The molecule has 5 heteroatoms. The number of aldehydes is 1. The van der Waals surface area contributed by atoms with Crippen LogP contribution in [0.5, 0.6) is 0 Å². The summed E-state index contributed by atoms with van der Waals surface area (Å²) in [7, 11) is 0. The van der Waals surface area contributed by atoms with E-state index in [4.69, 9.17) is 4.74 Å². The van der Waals surface area contributed by atoms with Crippen molar-refractivity contribution in [2.75, 3.05) is 44.3 Å². The molecule has 2 saturated heterocycles. The van der Waals surface area contributed by atoms with Gasteiger partial charge in [-0.15, -0.1) is 0 Å². The largest absolute Gasteiger partial charge is 0.379 e. The highest BCUT2D eigenvalue weighted by atomic mass is 16.5. The zero-order valence-corrected chi connectivity index (χ0v) is 11.0. The van der Waals surface area contributed by atoms with Crippen LogP contribution in [-0.2, 0) is 4.74 Å². The lowest BCUT2D eigenvalue weighted by atomic mass is 10.2. The fourth-order valence-electron chi connectivity index (χ4n) is 2.84. The van der Waals surface area contributed by atoms with Crippen LogP contribution in [0.2, 0.25) is 0 Å². The van der Waals surface area contributed by atoms with Crippen LogP contribution < -0.4 is 4.90 Å². The number of aromatic nitrogens is 1. The van der Waals surface area contributed by atoms with E-state index in [1.165, 1.54) is 6.42 Å². The lowest BCUT2D eigenvalue weighted by Crippen LogP contribution is -2.44. The Balaban J connectivity index is 1.62. The van der Waals surface area contributed by atoms with Crippen molar-refractivity contribution in [2.24, 2.45) is 0 Å². The molecule has 102 valence electrons. The van der Waals surface area contributed by atoms with Gasteiger partial charge < -0.3 is 9.64 Å². The fraction of sp³-hybridized carbons (Fsp3) is 0.571. The Hall–Kier alpha value is -1.46. The van der Waals surface area contributed by atoms with Gasteiger partial charge in [-0.25, -0.2) is 4.98 Å². The van der Waals surface area contributed by atoms with Gasteiger partial charge in [0.2, 0.25) is 0 Å². The average Bonchev–Trinajstić information content (AvgIpc) is 2.98. The smallest absolute Gasteiger partial charge is 0.151 e. The first kappa shape index (κ1) is 12.6. The van der Waals surface area contributed by atoms with Crippen LogP contribution in [0.4, 0.5) is 5.82 Å². The summed E-state index contributed by atoms with van der Waals surface area (Å²) in [6, 6.07) is 4.37. The maximum Gasteiger partial charge on any atom is 0.151 e. The van der Waals surface area contributed by atoms with E-state index < -0.39 is 0 Å². The van der Waals surface area contributed by atoms with Crippen LogP contribution in [0.15, 0.2) is 18.3 Å². The summed E-state index contributed by atoms with van der Waals surface area (Å²) in [6.45, 7) is 5.83. The molecule has 1 unspecified atom stereocenters. The van der Waals surface area contributed by atoms with Crippen molar-refractivity contribution < 1.29 is 9.53 Å². The van der Waals surface area contributed by atoms with Gasteiger partial charge in [0.05, 0.1) is 13.2 Å². The highest BCUT2D eigenvalue weighted by Crippen LogP contribution is 2.21. The first-order chi connectivity index (χ1) is 9.36. The van der Waals surface area contributed by atoms with E-state index in [1.807, 2.05) is 12.1 Å². The molecule has 2 aliphatic heterocycles. The first-order valence-electron chi connectivity index (χ1n) is 6.85. The molecule has 0 amide bonds. The van der Waals surface area contributed by atoms with E-state index in [9.17, 15) is 4.79 Å². The fourth-order valence-corrected chi connectivity index (χ4v) is 2.84. The van der Waals surface area contributed by atoms with Crippen molar-refractivity contribution >= 4 is 12.1 Å². The van der Waals surface area contributed by atoms with Gasteiger partial charge in [0, 0.05) is 44.0 Å². The number of pyridine rings is 1. The number of carbonyl (C=O) groups excluding carboxylic acids is 1. The molecule has 5 nitrogen and oxygen atoms in total. The number of carbonyl (C=O) groups is 1. The van der Waals surface area contributed by atoms with Crippen molar-refractivity contribution in [1.82, 2.24) is 9.88 Å². The lowest BCUT2D eigenvalue weighted by molar-refractivity contribution is 0.0209. The van der Waals surface area contributed by atoms with Gasteiger partial charge in [-0.3, -0.25) is 9.69 Å². The lowest BCUT2D eigenvalue weighted by Gasteiger charge is -2.32. The van der Waals surface area contributed by atoms with Crippen molar-refractivity contribution in [3.63, 3.8) is 0 Å². The molecule has 19 heavy (non-hydrogen) atoms. The Bertz CT molecular complexity index is 429. The van der Waals surface area contributed by atoms with E-state index in [-0.39, 0.29) is 0 Å². The summed E-state index contributed by atoms with van der Waals surface area (Å²) in [4.78, 5) is 19.8. The first-order valence-corrected chi connectivity index (χ1v) is 6.85. The van der Waals surface area contributed by atoms with E-state index in [2.05, 4.69) is 14.8 Å². The van der Waals surface area contributed by atoms with E-state index >= 15 is 0 Å². The minimum atomic E-state index is 0.608. The molecule has 2 aliphatic rings. The molecular weight excluding hydrogens is 242 g/mol. The molecule has 1 aromatic rings. The number of anilines is 1. The molecule has 1 atom stereocenters. The van der Waals surface area contributed by atoms with Gasteiger partial charge in [-0.1, -0.05) is 0 Å². The average molecular weight is 261 g/mol. The quantitative estimate of drug-likeness (QED) is 0.753. The van der Waals surface area contributed by atoms with Crippen molar-refractivity contribution in [3.8, 4) is 0 Å². The van der Waals surface area contributed by atoms with Crippen LogP contribution in [-0.4, -0.2) is 61.6 Å². The van der Waals surface area contributed by atoms with E-state index in [0.29, 0.717) is 11.6 Å². The minimum absolute atomic E-state index is 0.608. The molecule has 0 bridgehead atoms. The molecule has 0 radical (unpaired) electrons. The number of rotatable bonds is 3. The topological polar surface area (TPSA) is 45.7 Å². The zero-order chi connectivity index (χ0) is 13.1. The van der Waals surface area contributed by atoms with Crippen LogP contribution in [0.25, 0.3) is 0 Å². The van der Waals surface area contributed by atoms with Crippen LogP contribution in [0.3, 0.4) is 0 Å². The highest BCUT2D eigenvalue weighted by Gasteiger charge is 2.29. The van der Waals surface area contributed by atoms with Gasteiger partial charge in [0.25, 0.3) is 0 Å². The summed E-state index contributed by atoms with van der Waals surface area (Å²) in [5, 5.41) is 0. The number of ether oxygens (including phenoxy) is 1. The molecule has 1 aromatic heterocycles. The zero-order valence-electron chi connectivity index (χ0n) is 11.0.